The average molecular weight is 226 g/mol. The van der Waals surface area contributed by atoms with Crippen molar-refractivity contribution in [3.05, 3.63) is 0 Å². The fourth-order valence-corrected chi connectivity index (χ4v) is 2.43. The van der Waals surface area contributed by atoms with E-state index >= 15 is 0 Å². The van der Waals surface area contributed by atoms with Gasteiger partial charge < -0.3 is 20.4 Å². The van der Waals surface area contributed by atoms with Gasteiger partial charge >= 0.3 is 6.03 Å². The molecule has 0 aromatic rings. The Labute approximate surface area is 97.2 Å². The molecule has 0 aromatic carbocycles. The third kappa shape index (κ3) is 2.86. The highest BCUT2D eigenvalue weighted by Gasteiger charge is 2.21. The maximum atomic E-state index is 11.3. The van der Waals surface area contributed by atoms with Crippen LogP contribution in [0.1, 0.15) is 12.8 Å². The van der Waals surface area contributed by atoms with Crippen molar-refractivity contribution in [3.8, 4) is 0 Å². The Balaban J connectivity index is 1.65. The van der Waals surface area contributed by atoms with Crippen LogP contribution < -0.4 is 10.6 Å². The van der Waals surface area contributed by atoms with Gasteiger partial charge in [-0.25, -0.2) is 4.79 Å². The summed E-state index contributed by atoms with van der Waals surface area (Å²) in [5.41, 5.74) is 0. The van der Waals surface area contributed by atoms with E-state index in [2.05, 4.69) is 15.5 Å². The first-order chi connectivity index (χ1) is 7.79. The van der Waals surface area contributed by atoms with Gasteiger partial charge in [-0.1, -0.05) is 0 Å². The number of piperidine rings is 1. The van der Waals surface area contributed by atoms with Crippen LogP contribution in [-0.2, 0) is 0 Å². The van der Waals surface area contributed by atoms with E-state index in [-0.39, 0.29) is 6.03 Å². The van der Waals surface area contributed by atoms with Crippen LogP contribution in [0.2, 0.25) is 0 Å². The predicted octanol–water partition coefficient (Wildman–Crippen LogP) is -0.305. The van der Waals surface area contributed by atoms with Gasteiger partial charge in [-0.3, -0.25) is 0 Å². The number of urea groups is 1. The van der Waals surface area contributed by atoms with Crippen molar-refractivity contribution in [1.82, 2.24) is 20.4 Å². The van der Waals surface area contributed by atoms with Gasteiger partial charge in [0.05, 0.1) is 0 Å². The van der Waals surface area contributed by atoms with E-state index in [1.54, 1.807) is 0 Å². The van der Waals surface area contributed by atoms with Crippen molar-refractivity contribution in [2.24, 2.45) is 0 Å². The summed E-state index contributed by atoms with van der Waals surface area (Å²) >= 11 is 0. The molecule has 92 valence electrons. The second-order valence-corrected chi connectivity index (χ2v) is 4.62. The van der Waals surface area contributed by atoms with Crippen LogP contribution in [0.5, 0.6) is 0 Å². The van der Waals surface area contributed by atoms with Gasteiger partial charge in [0, 0.05) is 32.2 Å². The minimum atomic E-state index is 0.102. The summed E-state index contributed by atoms with van der Waals surface area (Å²) in [7, 11) is 2.04. The molecule has 2 aliphatic heterocycles. The molecule has 0 atom stereocenters. The molecule has 0 unspecified atom stereocenters. The Bertz CT molecular complexity index is 238. The number of carbonyl (C=O) groups excluding carboxylic acids is 1. The summed E-state index contributed by atoms with van der Waals surface area (Å²) in [4.78, 5) is 15.7. The molecule has 2 fully saturated rings. The molecule has 5 heteroatoms. The van der Waals surface area contributed by atoms with Crippen LogP contribution in [0.4, 0.5) is 4.79 Å². The lowest BCUT2D eigenvalue weighted by molar-refractivity contribution is 0.175. The average Bonchev–Trinajstić information content (AvgIpc) is 2.73. The van der Waals surface area contributed by atoms with E-state index in [9.17, 15) is 4.79 Å². The molecule has 0 saturated carbocycles. The van der Waals surface area contributed by atoms with Crippen molar-refractivity contribution in [2.45, 2.75) is 18.9 Å². The summed E-state index contributed by atoms with van der Waals surface area (Å²) in [5, 5.41) is 6.16. The zero-order chi connectivity index (χ0) is 11.4. The van der Waals surface area contributed by atoms with Gasteiger partial charge in [-0.2, -0.15) is 0 Å². The zero-order valence-electron chi connectivity index (χ0n) is 10.0. The van der Waals surface area contributed by atoms with Crippen LogP contribution >= 0.6 is 0 Å². The highest BCUT2D eigenvalue weighted by molar-refractivity contribution is 5.76. The van der Waals surface area contributed by atoms with Crippen molar-refractivity contribution in [1.29, 1.82) is 0 Å². The maximum absolute atomic E-state index is 11.3. The Morgan fingerprint density at radius 2 is 2.06 bits per heavy atom. The zero-order valence-corrected chi connectivity index (χ0v) is 10.0. The van der Waals surface area contributed by atoms with Crippen molar-refractivity contribution >= 4 is 6.03 Å². The summed E-state index contributed by atoms with van der Waals surface area (Å²) in [6.07, 6.45) is 2.45. The molecule has 0 aliphatic carbocycles. The molecule has 2 aliphatic rings. The fraction of sp³-hybridized carbons (Fsp3) is 0.909. The minimum Gasteiger partial charge on any atom is -0.336 e. The Kier molecular flexibility index (Phi) is 4.01. The van der Waals surface area contributed by atoms with Crippen LogP contribution in [0.3, 0.4) is 0 Å². The third-order valence-corrected chi connectivity index (χ3v) is 3.63. The van der Waals surface area contributed by atoms with E-state index in [4.69, 9.17) is 0 Å². The number of nitrogens with zero attached hydrogens (tertiary/aromatic N) is 2. The first-order valence-electron chi connectivity index (χ1n) is 6.22. The van der Waals surface area contributed by atoms with E-state index in [0.717, 1.165) is 39.3 Å². The van der Waals surface area contributed by atoms with Gasteiger partial charge in [-0.05, 0) is 33.0 Å². The van der Waals surface area contributed by atoms with E-state index < -0.39 is 0 Å². The number of likely N-dealkylation sites (tertiary alicyclic amines) is 1. The minimum absolute atomic E-state index is 0.102. The second-order valence-electron chi connectivity index (χ2n) is 4.62. The van der Waals surface area contributed by atoms with Gasteiger partial charge in [0.25, 0.3) is 0 Å². The van der Waals surface area contributed by atoms with Gasteiger partial charge in [0.15, 0.2) is 0 Å². The largest absolute Gasteiger partial charge is 0.336 e. The van der Waals surface area contributed by atoms with Crippen molar-refractivity contribution < 1.29 is 4.79 Å². The van der Waals surface area contributed by atoms with E-state index in [0.29, 0.717) is 6.04 Å². The SMILES string of the molecule is CNC1CCN(CCN2CCNC2=O)CC1. The van der Waals surface area contributed by atoms with Crippen LogP contribution in [0.15, 0.2) is 0 Å². The summed E-state index contributed by atoms with van der Waals surface area (Å²) in [6, 6.07) is 0.788. The highest BCUT2D eigenvalue weighted by atomic mass is 16.2. The third-order valence-electron chi connectivity index (χ3n) is 3.63. The van der Waals surface area contributed by atoms with Crippen LogP contribution in [-0.4, -0.2) is 68.2 Å². The first kappa shape index (κ1) is 11.7. The van der Waals surface area contributed by atoms with Crippen LogP contribution in [0, 0.1) is 0 Å². The molecule has 0 radical (unpaired) electrons. The Hall–Kier alpha value is -0.810. The molecule has 0 spiro atoms. The molecular formula is C11H22N4O. The maximum Gasteiger partial charge on any atom is 0.317 e. The monoisotopic (exact) mass is 226 g/mol. The molecule has 2 amide bonds. The molecule has 0 aromatic heterocycles. The number of hydrogen-bond donors (Lipinski definition) is 2. The van der Waals surface area contributed by atoms with Gasteiger partial charge in [-0.15, -0.1) is 0 Å². The molecular weight excluding hydrogens is 204 g/mol. The van der Waals surface area contributed by atoms with Crippen molar-refractivity contribution in [3.63, 3.8) is 0 Å². The van der Waals surface area contributed by atoms with E-state index in [1.165, 1.54) is 12.8 Å². The second kappa shape index (κ2) is 5.50. The molecule has 2 saturated heterocycles. The Morgan fingerprint density at radius 1 is 1.31 bits per heavy atom. The number of carbonyl (C=O) groups is 1. The Morgan fingerprint density at radius 3 is 2.62 bits per heavy atom. The molecule has 2 heterocycles. The number of rotatable bonds is 4. The number of amides is 2. The molecule has 2 N–H and O–H groups in total. The number of hydrogen-bond acceptors (Lipinski definition) is 3. The summed E-state index contributed by atoms with van der Waals surface area (Å²) < 4.78 is 0. The standard InChI is InChI=1S/C11H22N4O/c1-12-10-2-5-14(6-3-10)8-9-15-7-4-13-11(15)16/h10,12H,2-9H2,1H3,(H,13,16). The molecule has 16 heavy (non-hydrogen) atoms. The van der Waals surface area contributed by atoms with Crippen LogP contribution in [0.25, 0.3) is 0 Å². The van der Waals surface area contributed by atoms with E-state index in [1.807, 2.05) is 11.9 Å². The molecule has 2 rings (SSSR count). The quantitative estimate of drug-likeness (QED) is 0.691. The summed E-state index contributed by atoms with van der Waals surface area (Å²) in [6.45, 7) is 5.87. The first-order valence-corrected chi connectivity index (χ1v) is 6.22. The van der Waals surface area contributed by atoms with Gasteiger partial charge in [0.1, 0.15) is 0 Å². The molecule has 5 nitrogen and oxygen atoms in total. The lowest BCUT2D eigenvalue weighted by Gasteiger charge is -2.32. The topological polar surface area (TPSA) is 47.6 Å². The molecule has 0 bridgehead atoms. The lowest BCUT2D eigenvalue weighted by atomic mass is 10.1. The fourth-order valence-electron chi connectivity index (χ4n) is 2.43. The number of nitrogens with one attached hydrogen (secondary N) is 2. The highest BCUT2D eigenvalue weighted by Crippen LogP contribution is 2.09. The predicted molar refractivity (Wildman–Crippen MR) is 63.5 cm³/mol. The van der Waals surface area contributed by atoms with Crippen molar-refractivity contribution in [2.75, 3.05) is 46.3 Å². The van der Waals surface area contributed by atoms with Gasteiger partial charge in [0.2, 0.25) is 0 Å². The lowest BCUT2D eigenvalue weighted by Crippen LogP contribution is -2.44. The summed E-state index contributed by atoms with van der Waals surface area (Å²) in [5.74, 6) is 0. The smallest absolute Gasteiger partial charge is 0.317 e. The normalized spacial score (nSPS) is 23.8.